The maximum Gasteiger partial charge on any atom is 0.152 e. The van der Waals surface area contributed by atoms with E-state index in [1.807, 2.05) is 19.9 Å². The molecule has 0 aliphatic carbocycles. The van der Waals surface area contributed by atoms with Crippen LogP contribution in [0.5, 0.6) is 0 Å². The van der Waals surface area contributed by atoms with Crippen molar-refractivity contribution < 1.29 is 13.2 Å². The zero-order valence-electron chi connectivity index (χ0n) is 14.1. The van der Waals surface area contributed by atoms with Crippen LogP contribution in [0.3, 0.4) is 0 Å². The second-order valence-electron chi connectivity index (χ2n) is 5.77. The molecule has 8 heteroatoms. The van der Waals surface area contributed by atoms with E-state index in [-0.39, 0.29) is 17.5 Å². The van der Waals surface area contributed by atoms with Gasteiger partial charge in [0, 0.05) is 38.9 Å². The van der Waals surface area contributed by atoms with E-state index in [1.54, 1.807) is 7.11 Å². The molecular formula is C15H26N4O3S. The molecule has 1 aromatic rings. The second-order valence-corrected chi connectivity index (χ2v) is 8.00. The number of hydrogen-bond donors (Lipinski definition) is 1. The highest BCUT2D eigenvalue weighted by atomic mass is 32.2. The van der Waals surface area contributed by atoms with Crippen molar-refractivity contribution in [1.29, 1.82) is 0 Å². The minimum Gasteiger partial charge on any atom is -0.385 e. The van der Waals surface area contributed by atoms with E-state index in [4.69, 9.17) is 4.74 Å². The first-order valence-electron chi connectivity index (χ1n) is 8.00. The molecular weight excluding hydrogens is 316 g/mol. The number of anilines is 2. The van der Waals surface area contributed by atoms with Crippen molar-refractivity contribution >= 4 is 21.5 Å². The lowest BCUT2D eigenvalue weighted by Gasteiger charge is -2.28. The van der Waals surface area contributed by atoms with Gasteiger partial charge < -0.3 is 15.0 Å². The first-order valence-corrected chi connectivity index (χ1v) is 9.83. The molecule has 1 unspecified atom stereocenters. The topological polar surface area (TPSA) is 84.4 Å². The molecule has 2 rings (SSSR count). The van der Waals surface area contributed by atoms with Gasteiger partial charge in [0.1, 0.15) is 17.5 Å². The standard InChI is InChI=1S/C15H26N4O3S/c1-4-19(13-6-9-23(20,21)11-13)15-10-14(17-12(2)18-15)16-7-5-8-22-3/h10,13H,4-9,11H2,1-3H3,(H,16,17,18). The number of aromatic nitrogens is 2. The maximum atomic E-state index is 11.7. The monoisotopic (exact) mass is 342 g/mol. The summed E-state index contributed by atoms with van der Waals surface area (Å²) in [5.74, 6) is 2.70. The summed E-state index contributed by atoms with van der Waals surface area (Å²) in [5, 5.41) is 3.27. The Labute approximate surface area is 138 Å². The predicted octanol–water partition coefficient (Wildman–Crippen LogP) is 1.25. The van der Waals surface area contributed by atoms with Gasteiger partial charge in [-0.25, -0.2) is 18.4 Å². The van der Waals surface area contributed by atoms with E-state index in [0.717, 1.165) is 31.1 Å². The highest BCUT2D eigenvalue weighted by Gasteiger charge is 2.32. The molecule has 0 radical (unpaired) electrons. The zero-order chi connectivity index (χ0) is 16.9. The molecule has 0 saturated carbocycles. The average molecular weight is 342 g/mol. The van der Waals surface area contributed by atoms with Gasteiger partial charge in [-0.05, 0) is 26.7 Å². The molecule has 1 aromatic heterocycles. The van der Waals surface area contributed by atoms with E-state index >= 15 is 0 Å². The van der Waals surface area contributed by atoms with Gasteiger partial charge in [-0.3, -0.25) is 0 Å². The number of sulfone groups is 1. The number of methoxy groups -OCH3 is 1. The third kappa shape index (κ3) is 5.04. The minimum atomic E-state index is -2.91. The summed E-state index contributed by atoms with van der Waals surface area (Å²) >= 11 is 0. The molecule has 130 valence electrons. The van der Waals surface area contributed by atoms with Crippen LogP contribution in [-0.2, 0) is 14.6 Å². The third-order valence-electron chi connectivity index (χ3n) is 3.94. The molecule has 1 saturated heterocycles. The van der Waals surface area contributed by atoms with Crippen LogP contribution in [0, 0.1) is 6.92 Å². The van der Waals surface area contributed by atoms with Crippen LogP contribution < -0.4 is 10.2 Å². The summed E-state index contributed by atoms with van der Waals surface area (Å²) in [6, 6.07) is 1.90. The van der Waals surface area contributed by atoms with Crippen LogP contribution in [0.1, 0.15) is 25.6 Å². The summed E-state index contributed by atoms with van der Waals surface area (Å²) < 4.78 is 28.5. The summed E-state index contributed by atoms with van der Waals surface area (Å²) in [4.78, 5) is 11.0. The van der Waals surface area contributed by atoms with Crippen molar-refractivity contribution in [1.82, 2.24) is 9.97 Å². The Kier molecular flexibility index (Phi) is 6.17. The van der Waals surface area contributed by atoms with Crippen molar-refractivity contribution in [2.24, 2.45) is 0 Å². The predicted molar refractivity (Wildman–Crippen MR) is 91.8 cm³/mol. The van der Waals surface area contributed by atoms with Gasteiger partial charge in [-0.1, -0.05) is 0 Å². The molecule has 0 amide bonds. The molecule has 0 spiro atoms. The van der Waals surface area contributed by atoms with Crippen LogP contribution in [0.2, 0.25) is 0 Å². The zero-order valence-corrected chi connectivity index (χ0v) is 14.9. The summed E-state index contributed by atoms with van der Waals surface area (Å²) in [6.07, 6.45) is 1.56. The number of nitrogens with zero attached hydrogens (tertiary/aromatic N) is 3. The molecule has 1 aliphatic rings. The maximum absolute atomic E-state index is 11.7. The largest absolute Gasteiger partial charge is 0.385 e. The van der Waals surface area contributed by atoms with Crippen LogP contribution in [0.25, 0.3) is 0 Å². The molecule has 7 nitrogen and oxygen atoms in total. The van der Waals surface area contributed by atoms with Crippen molar-refractivity contribution in [3.8, 4) is 0 Å². The van der Waals surface area contributed by atoms with Gasteiger partial charge in [0.15, 0.2) is 9.84 Å². The van der Waals surface area contributed by atoms with Gasteiger partial charge in [-0.2, -0.15) is 0 Å². The molecule has 23 heavy (non-hydrogen) atoms. The van der Waals surface area contributed by atoms with Crippen LogP contribution >= 0.6 is 0 Å². The van der Waals surface area contributed by atoms with Crippen molar-refractivity contribution in [2.75, 3.05) is 48.5 Å². The van der Waals surface area contributed by atoms with E-state index in [9.17, 15) is 8.42 Å². The number of rotatable bonds is 8. The number of aryl methyl sites for hydroxylation is 1. The van der Waals surface area contributed by atoms with Gasteiger partial charge in [0.2, 0.25) is 0 Å². The second kappa shape index (κ2) is 7.92. The Morgan fingerprint density at radius 3 is 2.83 bits per heavy atom. The molecule has 0 aromatic carbocycles. The van der Waals surface area contributed by atoms with Gasteiger partial charge in [-0.15, -0.1) is 0 Å². The first kappa shape index (κ1) is 17.9. The Morgan fingerprint density at radius 1 is 1.43 bits per heavy atom. The highest BCUT2D eigenvalue weighted by molar-refractivity contribution is 7.91. The fourth-order valence-electron chi connectivity index (χ4n) is 2.85. The number of hydrogen-bond acceptors (Lipinski definition) is 7. The van der Waals surface area contributed by atoms with E-state index in [1.165, 1.54) is 0 Å². The van der Waals surface area contributed by atoms with Crippen LogP contribution in [0.4, 0.5) is 11.6 Å². The summed E-state index contributed by atoms with van der Waals surface area (Å²) in [5.41, 5.74) is 0. The van der Waals surface area contributed by atoms with E-state index < -0.39 is 9.84 Å². The Bertz CT molecular complexity index is 621. The smallest absolute Gasteiger partial charge is 0.152 e. The third-order valence-corrected chi connectivity index (χ3v) is 5.69. The average Bonchev–Trinajstić information content (AvgIpc) is 2.84. The lowest BCUT2D eigenvalue weighted by Crippen LogP contribution is -2.37. The van der Waals surface area contributed by atoms with Gasteiger partial charge >= 0.3 is 0 Å². The molecule has 0 bridgehead atoms. The Hall–Kier alpha value is -1.41. The molecule has 1 aliphatic heterocycles. The fraction of sp³-hybridized carbons (Fsp3) is 0.733. The molecule has 1 fully saturated rings. The van der Waals surface area contributed by atoms with Crippen LogP contribution in [-0.4, -0.2) is 62.7 Å². The summed E-state index contributed by atoms with van der Waals surface area (Å²) in [7, 11) is -1.23. The van der Waals surface area contributed by atoms with Crippen molar-refractivity contribution in [3.05, 3.63) is 11.9 Å². The highest BCUT2D eigenvalue weighted by Crippen LogP contribution is 2.24. The van der Waals surface area contributed by atoms with Crippen LogP contribution in [0.15, 0.2) is 6.07 Å². The molecule has 1 atom stereocenters. The molecule has 1 N–H and O–H groups in total. The van der Waals surface area contributed by atoms with Gasteiger partial charge in [0.25, 0.3) is 0 Å². The number of ether oxygens (including phenoxy) is 1. The quantitative estimate of drug-likeness (QED) is 0.712. The lowest BCUT2D eigenvalue weighted by atomic mass is 10.2. The van der Waals surface area contributed by atoms with E-state index in [2.05, 4.69) is 20.2 Å². The fourth-order valence-corrected chi connectivity index (χ4v) is 4.58. The van der Waals surface area contributed by atoms with E-state index in [0.29, 0.717) is 18.9 Å². The molecule has 2 heterocycles. The lowest BCUT2D eigenvalue weighted by molar-refractivity contribution is 0.198. The van der Waals surface area contributed by atoms with Gasteiger partial charge in [0.05, 0.1) is 11.5 Å². The SMILES string of the molecule is CCN(c1cc(NCCCOC)nc(C)n1)C1CCS(=O)(=O)C1. The van der Waals surface area contributed by atoms with Crippen molar-refractivity contribution in [2.45, 2.75) is 32.7 Å². The Morgan fingerprint density at radius 2 is 2.22 bits per heavy atom. The van der Waals surface area contributed by atoms with Crippen molar-refractivity contribution in [3.63, 3.8) is 0 Å². The first-order chi connectivity index (χ1) is 10.9. The minimum absolute atomic E-state index is 0.000594. The number of nitrogens with one attached hydrogen (secondary N) is 1. The summed E-state index contributed by atoms with van der Waals surface area (Å²) in [6.45, 7) is 6.06. The Balaban J connectivity index is 2.12. The normalized spacial score (nSPS) is 19.7.